The van der Waals surface area contributed by atoms with Crippen molar-refractivity contribution in [1.29, 1.82) is 0 Å². The second kappa shape index (κ2) is 8.37. The lowest BCUT2D eigenvalue weighted by atomic mass is 9.43. The fourth-order valence-corrected chi connectivity index (χ4v) is 7.51. The molecule has 3 aromatic rings. The van der Waals surface area contributed by atoms with Gasteiger partial charge in [0.15, 0.2) is 0 Å². The molecule has 1 saturated heterocycles. The fraction of sp³-hybridized carbons (Fsp3) is 0.500. The van der Waals surface area contributed by atoms with Crippen molar-refractivity contribution in [2.45, 2.75) is 70.5 Å². The van der Waals surface area contributed by atoms with Crippen molar-refractivity contribution >= 4 is 24.0 Å². The van der Waals surface area contributed by atoms with Gasteiger partial charge in [-0.2, -0.15) is 0 Å². The third kappa shape index (κ3) is 3.73. The van der Waals surface area contributed by atoms with Gasteiger partial charge in [0.25, 0.3) is 0 Å². The molecule has 6 nitrogen and oxygen atoms in total. The van der Waals surface area contributed by atoms with Crippen LogP contribution in [-0.2, 0) is 33.4 Å². The van der Waals surface area contributed by atoms with E-state index in [-0.39, 0.29) is 29.0 Å². The first-order valence-corrected chi connectivity index (χ1v) is 13.6. The number of hydrogen-bond acceptors (Lipinski definition) is 5. The Morgan fingerprint density at radius 1 is 1.16 bits per heavy atom. The molecule has 5 atom stereocenters. The van der Waals surface area contributed by atoms with Crippen LogP contribution in [0.4, 0.5) is 0 Å². The van der Waals surface area contributed by atoms with Crippen LogP contribution in [0.3, 0.4) is 0 Å². The second-order valence-corrected chi connectivity index (χ2v) is 12.2. The molecule has 192 valence electrons. The second-order valence-electron chi connectivity index (χ2n) is 12.2. The molecule has 3 heterocycles. The van der Waals surface area contributed by atoms with Crippen LogP contribution >= 0.6 is 0 Å². The summed E-state index contributed by atoms with van der Waals surface area (Å²) in [6, 6.07) is 14.1. The van der Waals surface area contributed by atoms with Crippen molar-refractivity contribution in [3.63, 3.8) is 0 Å². The van der Waals surface area contributed by atoms with Crippen LogP contribution in [0.1, 0.15) is 50.3 Å². The highest BCUT2D eigenvalue weighted by Gasteiger charge is 2.68. The average molecular weight is 499 g/mol. The highest BCUT2D eigenvalue weighted by atomic mass is 16.7. The molecular weight excluding hydrogens is 465 g/mol. The maximum Gasteiger partial charge on any atom is 0.482 e. The number of furan rings is 1. The Labute approximate surface area is 218 Å². The summed E-state index contributed by atoms with van der Waals surface area (Å²) in [6.07, 6.45) is 5.85. The van der Waals surface area contributed by atoms with E-state index < -0.39 is 7.12 Å². The number of hydrogen-bond donors (Lipinski definition) is 1. The average Bonchev–Trinajstić information content (AvgIpc) is 3.59. The predicted molar refractivity (Wildman–Crippen MR) is 141 cm³/mol. The molecule has 8 rings (SSSR count). The van der Waals surface area contributed by atoms with Gasteiger partial charge in [-0.25, -0.2) is 0 Å². The number of nitrogens with one attached hydrogen (secondary N) is 1. The Morgan fingerprint density at radius 2 is 2.03 bits per heavy atom. The number of fused-ring (bicyclic) bond motifs is 2. The standard InChI is InChI=1S/C30H34BNO5/c1-29(2)21-15-25(29)30(3)26(16-21)36-31(37-30)27(14-20-17-35-24-7-5-4-6-22(20)24)32-28(33)13-18-8-9-23-19(12-18)10-11-34-23/h4-9,12,17,21,25-27H,10-11,13-16H2,1-3H3,(H,32,33)/t21-,25-,26+,27-,30-/m0/s1. The molecule has 2 bridgehead atoms. The lowest BCUT2D eigenvalue weighted by molar-refractivity contribution is -0.199. The van der Waals surface area contributed by atoms with Crippen LogP contribution in [0.25, 0.3) is 11.0 Å². The fourth-order valence-electron chi connectivity index (χ4n) is 7.51. The van der Waals surface area contributed by atoms with Crippen LogP contribution in [0.5, 0.6) is 5.75 Å². The summed E-state index contributed by atoms with van der Waals surface area (Å²) in [6.45, 7) is 7.66. The number of carbonyl (C=O) groups excluding carboxylic acids is 1. The molecule has 5 aliphatic rings. The lowest BCUT2D eigenvalue weighted by Gasteiger charge is -2.64. The van der Waals surface area contributed by atoms with Crippen LogP contribution in [0.15, 0.2) is 53.1 Å². The van der Waals surface area contributed by atoms with Gasteiger partial charge >= 0.3 is 7.12 Å². The molecule has 0 unspecified atom stereocenters. The Bertz CT molecular complexity index is 1370. The van der Waals surface area contributed by atoms with Crippen LogP contribution in [0, 0.1) is 17.3 Å². The normalized spacial score (nSPS) is 29.8. The Hall–Kier alpha value is -2.77. The molecular formula is C30H34BNO5. The van der Waals surface area contributed by atoms with Gasteiger partial charge in [0.05, 0.1) is 36.9 Å². The molecule has 2 aliphatic heterocycles. The van der Waals surface area contributed by atoms with E-state index in [9.17, 15) is 4.79 Å². The van der Waals surface area contributed by atoms with Gasteiger partial charge in [0, 0.05) is 11.8 Å². The molecule has 3 aliphatic carbocycles. The van der Waals surface area contributed by atoms with Crippen molar-refractivity contribution in [3.8, 4) is 5.75 Å². The summed E-state index contributed by atoms with van der Waals surface area (Å²) < 4.78 is 24.8. The maximum atomic E-state index is 13.4. The van der Waals surface area contributed by atoms with Gasteiger partial charge in [-0.15, -0.1) is 0 Å². The van der Waals surface area contributed by atoms with Crippen molar-refractivity contribution in [2.24, 2.45) is 17.3 Å². The zero-order valence-electron chi connectivity index (χ0n) is 21.8. The first-order valence-electron chi connectivity index (χ1n) is 13.6. The van der Waals surface area contributed by atoms with E-state index >= 15 is 0 Å². The van der Waals surface area contributed by atoms with Gasteiger partial charge in [0.2, 0.25) is 5.91 Å². The van der Waals surface area contributed by atoms with E-state index in [1.165, 1.54) is 12.0 Å². The molecule has 0 radical (unpaired) electrons. The predicted octanol–water partition coefficient (Wildman–Crippen LogP) is 4.91. The number of carbonyl (C=O) groups is 1. The molecule has 1 amide bonds. The van der Waals surface area contributed by atoms with Crippen LogP contribution in [0.2, 0.25) is 0 Å². The topological polar surface area (TPSA) is 69.9 Å². The van der Waals surface area contributed by atoms with Gasteiger partial charge < -0.3 is 23.8 Å². The number of para-hydroxylation sites is 1. The van der Waals surface area contributed by atoms with E-state index in [1.807, 2.05) is 30.3 Å². The van der Waals surface area contributed by atoms with Gasteiger partial charge in [-0.3, -0.25) is 4.79 Å². The van der Waals surface area contributed by atoms with Crippen LogP contribution in [-0.4, -0.2) is 37.3 Å². The summed E-state index contributed by atoms with van der Waals surface area (Å²) >= 11 is 0. The molecule has 4 fully saturated rings. The van der Waals surface area contributed by atoms with Gasteiger partial charge in [-0.1, -0.05) is 44.2 Å². The van der Waals surface area contributed by atoms with E-state index in [2.05, 4.69) is 38.2 Å². The summed E-state index contributed by atoms with van der Waals surface area (Å²) in [5, 5.41) is 4.35. The highest BCUT2D eigenvalue weighted by molar-refractivity contribution is 6.48. The third-order valence-corrected chi connectivity index (χ3v) is 9.76. The third-order valence-electron chi connectivity index (χ3n) is 9.76. The van der Waals surface area contributed by atoms with Gasteiger partial charge in [0.1, 0.15) is 11.3 Å². The van der Waals surface area contributed by atoms with Crippen molar-refractivity contribution in [2.75, 3.05) is 6.61 Å². The highest BCUT2D eigenvalue weighted by Crippen LogP contribution is 2.65. The minimum Gasteiger partial charge on any atom is -0.493 e. The van der Waals surface area contributed by atoms with Crippen molar-refractivity contribution < 1.29 is 23.3 Å². The van der Waals surface area contributed by atoms with E-state index in [0.717, 1.165) is 40.7 Å². The van der Waals surface area contributed by atoms with Crippen molar-refractivity contribution in [1.82, 2.24) is 5.32 Å². The molecule has 7 heteroatoms. The van der Waals surface area contributed by atoms with Crippen molar-refractivity contribution in [3.05, 3.63) is 65.4 Å². The summed E-state index contributed by atoms with van der Waals surface area (Å²) in [4.78, 5) is 13.4. The zero-order valence-corrected chi connectivity index (χ0v) is 21.8. The minimum atomic E-state index is -0.504. The van der Waals surface area contributed by atoms with Crippen LogP contribution < -0.4 is 10.1 Å². The quantitative estimate of drug-likeness (QED) is 0.489. The molecule has 2 aromatic carbocycles. The van der Waals surface area contributed by atoms with Gasteiger partial charge in [-0.05, 0) is 72.3 Å². The Morgan fingerprint density at radius 3 is 2.89 bits per heavy atom. The Balaban J connectivity index is 1.14. The molecule has 0 spiro atoms. The number of rotatable bonds is 6. The molecule has 3 saturated carbocycles. The molecule has 37 heavy (non-hydrogen) atoms. The molecule has 1 N–H and O–H groups in total. The smallest absolute Gasteiger partial charge is 0.482 e. The summed E-state index contributed by atoms with van der Waals surface area (Å²) in [7, 11) is -0.504. The molecule has 1 aromatic heterocycles. The number of ether oxygens (including phenoxy) is 1. The minimum absolute atomic E-state index is 0.0338. The number of amides is 1. The summed E-state index contributed by atoms with van der Waals surface area (Å²) in [5.41, 5.74) is 4.00. The largest absolute Gasteiger partial charge is 0.493 e. The lowest BCUT2D eigenvalue weighted by Crippen LogP contribution is -2.65. The first-order chi connectivity index (χ1) is 17.8. The SMILES string of the molecule is CC1(C)[C@@H]2C[C@H]3OB([C@H](Cc4coc5ccccc45)NC(=O)Cc4ccc5c(c4)CCO5)O[C@@]3(C)[C@H]1C2. The Kier molecular flexibility index (Phi) is 5.28. The van der Waals surface area contributed by atoms with E-state index in [0.29, 0.717) is 31.3 Å². The number of benzene rings is 2. The van der Waals surface area contributed by atoms with E-state index in [1.54, 1.807) is 6.26 Å². The first kappa shape index (κ1) is 23.4. The zero-order chi connectivity index (χ0) is 25.4. The van der Waals surface area contributed by atoms with E-state index in [4.69, 9.17) is 18.5 Å². The monoisotopic (exact) mass is 499 g/mol. The maximum absolute atomic E-state index is 13.4. The summed E-state index contributed by atoms with van der Waals surface area (Å²) in [5.74, 6) is 1.71.